The molecular weight excluding hydrogens is 262 g/mol. The van der Waals surface area contributed by atoms with Gasteiger partial charge in [0.2, 0.25) is 0 Å². The van der Waals surface area contributed by atoms with E-state index in [1.54, 1.807) is 12.1 Å². The first-order valence-electron chi connectivity index (χ1n) is 5.80. The van der Waals surface area contributed by atoms with Crippen molar-refractivity contribution < 1.29 is 14.4 Å². The Morgan fingerprint density at radius 2 is 2.11 bits per heavy atom. The zero-order valence-corrected chi connectivity index (χ0v) is 11.5. The molecule has 0 unspecified atom stereocenters. The highest BCUT2D eigenvalue weighted by atomic mass is 32.2. The number of nitrogens with one attached hydrogen (secondary N) is 1. The Balaban J connectivity index is 2.31. The van der Waals surface area contributed by atoms with E-state index in [0.717, 1.165) is 11.1 Å². The Hall–Kier alpha value is -1.88. The Kier molecular flexibility index (Phi) is 3.85. The number of benzene rings is 1. The van der Waals surface area contributed by atoms with Gasteiger partial charge >= 0.3 is 0 Å². The Morgan fingerprint density at radius 1 is 1.37 bits per heavy atom. The second-order valence-electron chi connectivity index (χ2n) is 4.21. The van der Waals surface area contributed by atoms with Gasteiger partial charge in [0.1, 0.15) is 0 Å². The average Bonchev–Trinajstić information content (AvgIpc) is 2.63. The monoisotopic (exact) mass is 275 g/mol. The van der Waals surface area contributed by atoms with E-state index < -0.39 is 11.7 Å². The second-order valence-corrected chi connectivity index (χ2v) is 5.40. The molecule has 5 heteroatoms. The first-order valence-corrected chi connectivity index (χ1v) is 6.78. The normalized spacial score (nSPS) is 13.8. The number of hydrogen-bond acceptors (Lipinski definition) is 4. The van der Waals surface area contributed by atoms with E-state index in [-0.39, 0.29) is 5.12 Å². The minimum atomic E-state index is -0.589. The Labute approximate surface area is 115 Å². The summed E-state index contributed by atoms with van der Waals surface area (Å²) in [7, 11) is 0. The largest absolute Gasteiger partial charge is 0.318 e. The van der Waals surface area contributed by atoms with Crippen LogP contribution in [0.4, 0.5) is 5.69 Å². The Bertz CT molecular complexity index is 605. The van der Waals surface area contributed by atoms with Crippen molar-refractivity contribution in [3.63, 3.8) is 0 Å². The molecule has 19 heavy (non-hydrogen) atoms. The number of ketones is 1. The highest BCUT2D eigenvalue weighted by Gasteiger charge is 2.30. The van der Waals surface area contributed by atoms with Gasteiger partial charge in [0.25, 0.3) is 11.7 Å². The van der Waals surface area contributed by atoms with Crippen LogP contribution in [0, 0.1) is 6.92 Å². The smallest absolute Gasteiger partial charge is 0.296 e. The molecule has 0 atom stereocenters. The SMILES string of the molecule is CC(=O)SCC=Cc1c(C)ccc2c1C(=O)C(=O)N2. The minimum Gasteiger partial charge on any atom is -0.318 e. The third-order valence-electron chi connectivity index (χ3n) is 2.81. The van der Waals surface area contributed by atoms with Gasteiger partial charge in [-0.2, -0.15) is 0 Å². The van der Waals surface area contributed by atoms with Crippen molar-refractivity contribution in [2.24, 2.45) is 0 Å². The molecule has 2 rings (SSSR count). The fourth-order valence-electron chi connectivity index (χ4n) is 1.91. The lowest BCUT2D eigenvalue weighted by atomic mass is 9.98. The number of anilines is 1. The molecule has 1 aliphatic heterocycles. The molecule has 1 N–H and O–H groups in total. The lowest BCUT2D eigenvalue weighted by Gasteiger charge is -2.05. The summed E-state index contributed by atoms with van der Waals surface area (Å²) in [6, 6.07) is 3.59. The number of amides is 1. The summed E-state index contributed by atoms with van der Waals surface area (Å²) in [5.74, 6) is -0.542. The third-order valence-corrected chi connectivity index (χ3v) is 3.58. The van der Waals surface area contributed by atoms with Crippen LogP contribution in [0.15, 0.2) is 18.2 Å². The first kappa shape index (κ1) is 13.5. The number of thioether (sulfide) groups is 1. The number of fused-ring (bicyclic) bond motifs is 1. The molecule has 0 aromatic heterocycles. The van der Waals surface area contributed by atoms with Gasteiger partial charge in [-0.15, -0.1) is 0 Å². The maximum atomic E-state index is 11.8. The summed E-state index contributed by atoms with van der Waals surface area (Å²) < 4.78 is 0. The maximum Gasteiger partial charge on any atom is 0.296 e. The number of Topliss-reactive ketones (excluding diaryl/α,β-unsaturated/α-hetero) is 1. The molecule has 0 fully saturated rings. The van der Waals surface area contributed by atoms with Crippen LogP contribution in [0.5, 0.6) is 0 Å². The second kappa shape index (κ2) is 5.40. The topological polar surface area (TPSA) is 63.2 Å². The number of carbonyl (C=O) groups excluding carboxylic acids is 3. The van der Waals surface area contributed by atoms with Gasteiger partial charge in [-0.05, 0) is 24.1 Å². The lowest BCUT2D eigenvalue weighted by molar-refractivity contribution is -0.112. The van der Waals surface area contributed by atoms with Crippen molar-refractivity contribution in [3.8, 4) is 0 Å². The van der Waals surface area contributed by atoms with Crippen molar-refractivity contribution in [1.29, 1.82) is 0 Å². The van der Waals surface area contributed by atoms with Crippen molar-refractivity contribution in [1.82, 2.24) is 0 Å². The quantitative estimate of drug-likeness (QED) is 0.860. The van der Waals surface area contributed by atoms with Crippen LogP contribution in [-0.4, -0.2) is 22.6 Å². The van der Waals surface area contributed by atoms with E-state index >= 15 is 0 Å². The zero-order valence-electron chi connectivity index (χ0n) is 10.6. The highest BCUT2D eigenvalue weighted by molar-refractivity contribution is 8.13. The molecule has 0 saturated carbocycles. The molecule has 4 nitrogen and oxygen atoms in total. The molecule has 0 radical (unpaired) electrons. The molecule has 0 aliphatic carbocycles. The zero-order chi connectivity index (χ0) is 14.0. The van der Waals surface area contributed by atoms with Gasteiger partial charge in [-0.3, -0.25) is 14.4 Å². The summed E-state index contributed by atoms with van der Waals surface area (Å²) in [5.41, 5.74) is 2.64. The van der Waals surface area contributed by atoms with E-state index in [1.165, 1.54) is 18.7 Å². The molecular formula is C14H13NO3S. The van der Waals surface area contributed by atoms with E-state index in [4.69, 9.17) is 0 Å². The van der Waals surface area contributed by atoms with E-state index in [1.807, 2.05) is 19.1 Å². The summed E-state index contributed by atoms with van der Waals surface area (Å²) in [6.07, 6.45) is 3.62. The fraction of sp³-hybridized carbons (Fsp3) is 0.214. The molecule has 0 spiro atoms. The fourth-order valence-corrected chi connectivity index (χ4v) is 2.34. The number of carbonyl (C=O) groups is 3. The van der Waals surface area contributed by atoms with Gasteiger partial charge in [0.15, 0.2) is 5.12 Å². The van der Waals surface area contributed by atoms with Crippen LogP contribution in [0.2, 0.25) is 0 Å². The lowest BCUT2D eigenvalue weighted by Crippen LogP contribution is -2.13. The summed E-state index contributed by atoms with van der Waals surface area (Å²) in [6.45, 7) is 3.39. The average molecular weight is 275 g/mol. The van der Waals surface area contributed by atoms with Crippen LogP contribution >= 0.6 is 11.8 Å². The van der Waals surface area contributed by atoms with Crippen LogP contribution in [0.1, 0.15) is 28.4 Å². The van der Waals surface area contributed by atoms with E-state index in [2.05, 4.69) is 5.32 Å². The number of aryl methyl sites for hydroxylation is 1. The van der Waals surface area contributed by atoms with Crippen LogP contribution in [0.3, 0.4) is 0 Å². The molecule has 1 aromatic rings. The van der Waals surface area contributed by atoms with Gasteiger partial charge in [-0.1, -0.05) is 30.0 Å². The summed E-state index contributed by atoms with van der Waals surface area (Å²) in [5, 5.41) is 2.59. The maximum absolute atomic E-state index is 11.8. The molecule has 1 amide bonds. The third kappa shape index (κ3) is 2.76. The van der Waals surface area contributed by atoms with Crippen LogP contribution in [-0.2, 0) is 9.59 Å². The van der Waals surface area contributed by atoms with Crippen molar-refractivity contribution in [3.05, 3.63) is 34.9 Å². The molecule has 98 valence electrons. The minimum absolute atomic E-state index is 0.0487. The number of rotatable bonds is 3. The molecule has 1 aromatic carbocycles. The summed E-state index contributed by atoms with van der Waals surface area (Å²) >= 11 is 1.20. The van der Waals surface area contributed by atoms with Crippen molar-refractivity contribution in [2.75, 3.05) is 11.1 Å². The molecule has 1 heterocycles. The predicted octanol–water partition coefficient (Wildman–Crippen LogP) is 2.42. The molecule has 1 aliphatic rings. The highest BCUT2D eigenvalue weighted by Crippen LogP contribution is 2.29. The first-order chi connectivity index (χ1) is 9.00. The van der Waals surface area contributed by atoms with E-state index in [9.17, 15) is 14.4 Å². The number of hydrogen-bond donors (Lipinski definition) is 1. The Morgan fingerprint density at radius 3 is 2.79 bits per heavy atom. The van der Waals surface area contributed by atoms with Crippen molar-refractivity contribution in [2.45, 2.75) is 13.8 Å². The van der Waals surface area contributed by atoms with Gasteiger partial charge in [-0.25, -0.2) is 0 Å². The van der Waals surface area contributed by atoms with Gasteiger partial charge in [0, 0.05) is 12.7 Å². The molecule has 0 saturated heterocycles. The summed E-state index contributed by atoms with van der Waals surface area (Å²) in [4.78, 5) is 34.0. The molecule has 0 bridgehead atoms. The van der Waals surface area contributed by atoms with Crippen LogP contribution < -0.4 is 5.32 Å². The van der Waals surface area contributed by atoms with E-state index in [0.29, 0.717) is 17.0 Å². The van der Waals surface area contributed by atoms with Crippen LogP contribution in [0.25, 0.3) is 6.08 Å². The predicted molar refractivity (Wildman–Crippen MR) is 76.3 cm³/mol. The standard InChI is InChI=1S/C14H13NO3S/c1-8-5-6-11-12(13(17)14(18)15-11)10(8)4-3-7-19-9(2)16/h3-6H,7H2,1-2H3,(H,15,17,18). The van der Waals surface area contributed by atoms with Gasteiger partial charge < -0.3 is 5.32 Å². The van der Waals surface area contributed by atoms with Gasteiger partial charge in [0.05, 0.1) is 11.3 Å². The van der Waals surface area contributed by atoms with Crippen molar-refractivity contribution >= 4 is 40.3 Å².